The number of likely N-dealkylation sites (tertiary alicyclic amines) is 2. The quantitative estimate of drug-likeness (QED) is 0.483. The molecular formula is C24H21F3N2O6. The zero-order valence-electron chi connectivity index (χ0n) is 18.4. The molecule has 0 saturated carbocycles. The highest BCUT2D eigenvalue weighted by Crippen LogP contribution is 2.34. The van der Waals surface area contributed by atoms with Crippen LogP contribution in [-0.2, 0) is 22.6 Å². The fourth-order valence-electron chi connectivity index (χ4n) is 4.76. The Kier molecular flexibility index (Phi) is 5.78. The molecule has 184 valence electrons. The van der Waals surface area contributed by atoms with Crippen molar-refractivity contribution >= 4 is 18.0 Å². The first-order valence-corrected chi connectivity index (χ1v) is 11.0. The molecule has 0 N–H and O–H groups in total. The zero-order chi connectivity index (χ0) is 24.7. The Labute approximate surface area is 198 Å². The van der Waals surface area contributed by atoms with Gasteiger partial charge in [0.05, 0.1) is 6.42 Å². The van der Waals surface area contributed by atoms with Crippen LogP contribution in [0, 0.1) is 11.8 Å². The smallest absolute Gasteiger partial charge is 0.445 e. The lowest BCUT2D eigenvalue weighted by Gasteiger charge is -2.22. The Morgan fingerprint density at radius 2 is 1.63 bits per heavy atom. The number of fused-ring (bicyclic) bond motifs is 2. The lowest BCUT2D eigenvalue weighted by molar-refractivity contribution is -0.274. The fraction of sp³-hybridized carbons (Fsp3) is 0.375. The third-order valence-corrected chi connectivity index (χ3v) is 6.42. The van der Waals surface area contributed by atoms with Crippen LogP contribution in [0.2, 0.25) is 0 Å². The van der Waals surface area contributed by atoms with E-state index < -0.39 is 12.5 Å². The van der Waals surface area contributed by atoms with E-state index in [4.69, 9.17) is 9.47 Å². The minimum Gasteiger partial charge on any atom is -0.445 e. The maximum atomic E-state index is 12.9. The Balaban J connectivity index is 1.11. The van der Waals surface area contributed by atoms with Gasteiger partial charge in [-0.3, -0.25) is 9.59 Å². The van der Waals surface area contributed by atoms with Crippen LogP contribution in [0.25, 0.3) is 0 Å². The number of alkyl halides is 3. The van der Waals surface area contributed by atoms with Gasteiger partial charge in [-0.1, -0.05) is 18.2 Å². The van der Waals surface area contributed by atoms with E-state index in [9.17, 15) is 27.6 Å². The molecule has 3 aliphatic rings. The van der Waals surface area contributed by atoms with Gasteiger partial charge in [0.25, 0.3) is 5.91 Å². The molecule has 0 unspecified atom stereocenters. The molecule has 35 heavy (non-hydrogen) atoms. The summed E-state index contributed by atoms with van der Waals surface area (Å²) >= 11 is 0. The lowest BCUT2D eigenvalue weighted by Crippen LogP contribution is -2.35. The summed E-state index contributed by atoms with van der Waals surface area (Å²) in [4.78, 5) is 40.2. The van der Waals surface area contributed by atoms with Gasteiger partial charge in [0.15, 0.2) is 0 Å². The molecule has 2 aromatic carbocycles. The van der Waals surface area contributed by atoms with E-state index in [1.807, 2.05) is 0 Å². The number of carbonyl (C=O) groups is 3. The number of hydrogen-bond donors (Lipinski definition) is 0. The normalized spacial score (nSPS) is 20.9. The van der Waals surface area contributed by atoms with Crippen LogP contribution >= 0.6 is 0 Å². The number of amides is 2. The van der Waals surface area contributed by atoms with Crippen LogP contribution in [0.1, 0.15) is 21.5 Å². The Hall–Kier alpha value is -3.76. The maximum Gasteiger partial charge on any atom is 0.573 e. The standard InChI is InChI=1S/C24H21F3N2O6/c25-24(26,27)35-19-5-1-14(2-6-19)13-33-23(32)29-11-17-9-28(10-18(17)12-29)22(31)16-4-3-15-8-21(30)34-20(15)7-16/h1-7,17-18H,8-13H2/t17-,18-/m0/s1. The Morgan fingerprint density at radius 3 is 2.29 bits per heavy atom. The summed E-state index contributed by atoms with van der Waals surface area (Å²) in [7, 11) is 0. The maximum absolute atomic E-state index is 12.9. The van der Waals surface area contributed by atoms with Gasteiger partial charge in [-0.05, 0) is 29.8 Å². The molecule has 0 aliphatic carbocycles. The van der Waals surface area contributed by atoms with E-state index in [2.05, 4.69) is 4.74 Å². The van der Waals surface area contributed by atoms with Crippen LogP contribution in [0.4, 0.5) is 18.0 Å². The zero-order valence-corrected chi connectivity index (χ0v) is 18.4. The van der Waals surface area contributed by atoms with E-state index in [0.717, 1.165) is 17.7 Å². The number of benzene rings is 2. The molecular weight excluding hydrogens is 469 g/mol. The minimum absolute atomic E-state index is 0.0789. The van der Waals surface area contributed by atoms with Crippen molar-refractivity contribution in [1.29, 1.82) is 0 Å². The van der Waals surface area contributed by atoms with Crippen LogP contribution in [0.3, 0.4) is 0 Å². The van der Waals surface area contributed by atoms with Crippen molar-refractivity contribution < 1.29 is 41.8 Å². The number of halogens is 3. The lowest BCUT2D eigenvalue weighted by atomic mass is 10.0. The molecule has 8 nitrogen and oxygen atoms in total. The highest BCUT2D eigenvalue weighted by atomic mass is 19.4. The van der Waals surface area contributed by atoms with Crippen LogP contribution in [-0.4, -0.2) is 60.3 Å². The van der Waals surface area contributed by atoms with Gasteiger partial charge in [-0.2, -0.15) is 0 Å². The van der Waals surface area contributed by atoms with Gasteiger partial charge in [0.1, 0.15) is 18.1 Å². The van der Waals surface area contributed by atoms with E-state index in [1.165, 1.54) is 12.1 Å². The molecule has 2 amide bonds. The van der Waals surface area contributed by atoms with E-state index in [0.29, 0.717) is 43.1 Å². The number of ether oxygens (including phenoxy) is 3. The molecule has 2 atom stereocenters. The van der Waals surface area contributed by atoms with E-state index in [-0.39, 0.29) is 42.5 Å². The molecule has 0 aromatic heterocycles. The molecule has 3 aliphatic heterocycles. The molecule has 5 rings (SSSR count). The first-order valence-electron chi connectivity index (χ1n) is 11.0. The molecule has 2 aromatic rings. The summed E-state index contributed by atoms with van der Waals surface area (Å²) in [6, 6.07) is 10.2. The topological polar surface area (TPSA) is 85.4 Å². The van der Waals surface area contributed by atoms with Crippen molar-refractivity contribution in [2.24, 2.45) is 11.8 Å². The van der Waals surface area contributed by atoms with E-state index in [1.54, 1.807) is 28.0 Å². The highest BCUT2D eigenvalue weighted by Gasteiger charge is 2.43. The third-order valence-electron chi connectivity index (χ3n) is 6.42. The minimum atomic E-state index is -4.77. The van der Waals surface area contributed by atoms with Crippen molar-refractivity contribution in [2.45, 2.75) is 19.4 Å². The number of esters is 1. The number of nitrogens with zero attached hydrogens (tertiary/aromatic N) is 2. The van der Waals surface area contributed by atoms with Gasteiger partial charge in [0.2, 0.25) is 0 Å². The van der Waals surface area contributed by atoms with Crippen LogP contribution < -0.4 is 9.47 Å². The van der Waals surface area contributed by atoms with Crippen molar-refractivity contribution in [3.8, 4) is 11.5 Å². The number of carbonyl (C=O) groups excluding carboxylic acids is 3. The van der Waals surface area contributed by atoms with Gasteiger partial charge < -0.3 is 24.0 Å². The Bertz CT molecular complexity index is 1150. The van der Waals surface area contributed by atoms with Crippen molar-refractivity contribution in [2.75, 3.05) is 26.2 Å². The SMILES string of the molecule is O=C1Cc2ccc(C(=O)N3C[C@H]4CN(C(=O)OCc5ccc(OC(F)(F)F)cc5)C[C@@H]4C3)cc2O1. The average Bonchev–Trinajstić information content (AvgIpc) is 3.48. The summed E-state index contributed by atoms with van der Waals surface area (Å²) in [6.45, 7) is 1.83. The summed E-state index contributed by atoms with van der Waals surface area (Å²) in [5.41, 5.74) is 1.76. The van der Waals surface area contributed by atoms with Crippen LogP contribution in [0.15, 0.2) is 42.5 Å². The fourth-order valence-corrected chi connectivity index (χ4v) is 4.76. The van der Waals surface area contributed by atoms with Gasteiger partial charge >= 0.3 is 18.4 Å². The van der Waals surface area contributed by atoms with Gasteiger partial charge in [-0.15, -0.1) is 13.2 Å². The molecule has 3 heterocycles. The molecule has 2 fully saturated rings. The molecule has 0 radical (unpaired) electrons. The largest absolute Gasteiger partial charge is 0.573 e. The molecule has 0 spiro atoms. The van der Waals surface area contributed by atoms with Crippen molar-refractivity contribution in [3.63, 3.8) is 0 Å². The summed E-state index contributed by atoms with van der Waals surface area (Å²) < 4.78 is 51.0. The van der Waals surface area contributed by atoms with Crippen molar-refractivity contribution in [3.05, 3.63) is 59.2 Å². The average molecular weight is 490 g/mol. The number of hydrogen-bond acceptors (Lipinski definition) is 6. The first kappa shape index (κ1) is 23.0. The Morgan fingerprint density at radius 1 is 0.971 bits per heavy atom. The second-order valence-corrected chi connectivity index (χ2v) is 8.85. The number of rotatable bonds is 4. The third kappa shape index (κ3) is 5.03. The van der Waals surface area contributed by atoms with Gasteiger partial charge in [-0.25, -0.2) is 4.79 Å². The molecule has 0 bridgehead atoms. The first-order chi connectivity index (χ1) is 16.6. The highest BCUT2D eigenvalue weighted by molar-refractivity contribution is 5.96. The summed E-state index contributed by atoms with van der Waals surface area (Å²) in [6.07, 6.45) is -5.06. The van der Waals surface area contributed by atoms with Crippen LogP contribution in [0.5, 0.6) is 11.5 Å². The second-order valence-electron chi connectivity index (χ2n) is 8.85. The molecule has 2 saturated heterocycles. The molecule has 11 heteroatoms. The predicted molar refractivity (Wildman–Crippen MR) is 114 cm³/mol. The monoisotopic (exact) mass is 490 g/mol. The second kappa shape index (κ2) is 8.79. The van der Waals surface area contributed by atoms with E-state index >= 15 is 0 Å². The predicted octanol–water partition coefficient (Wildman–Crippen LogP) is 3.39. The van der Waals surface area contributed by atoms with Crippen molar-refractivity contribution in [1.82, 2.24) is 9.80 Å². The summed E-state index contributed by atoms with van der Waals surface area (Å²) in [5.74, 6) is -0.149. The van der Waals surface area contributed by atoms with Gasteiger partial charge in [0, 0.05) is 49.1 Å². The summed E-state index contributed by atoms with van der Waals surface area (Å²) in [5, 5.41) is 0.